The number of rotatable bonds is 2. The first-order valence-corrected chi connectivity index (χ1v) is 9.24. The summed E-state index contributed by atoms with van der Waals surface area (Å²) in [5, 5.41) is 0. The van der Waals surface area contributed by atoms with Gasteiger partial charge in [0.25, 0.3) is 10.0 Å². The van der Waals surface area contributed by atoms with Gasteiger partial charge in [-0.05, 0) is 37.1 Å². The molecule has 0 radical (unpaired) electrons. The number of ether oxygens (including phenoxy) is 2. The number of fused-ring (bicyclic) bond motifs is 1. The molecule has 4 rings (SSSR count). The molecule has 1 aromatic heterocycles. The van der Waals surface area contributed by atoms with Gasteiger partial charge in [-0.25, -0.2) is 12.4 Å². The quantitative estimate of drug-likeness (QED) is 0.846. The van der Waals surface area contributed by atoms with Crippen LogP contribution in [0.5, 0.6) is 0 Å². The average molecular weight is 333 g/mol. The van der Waals surface area contributed by atoms with Gasteiger partial charge in [-0.1, -0.05) is 17.7 Å². The monoisotopic (exact) mass is 333 g/mol. The molecular formula is C17H19NO4S. The van der Waals surface area contributed by atoms with E-state index in [-0.39, 0.29) is 0 Å². The Labute approximate surface area is 135 Å². The van der Waals surface area contributed by atoms with Gasteiger partial charge in [0.1, 0.15) is 0 Å². The average Bonchev–Trinajstić information content (AvgIpc) is 3.15. The third-order valence-corrected chi connectivity index (χ3v) is 6.38. The van der Waals surface area contributed by atoms with Crippen LogP contribution in [0, 0.1) is 6.92 Å². The van der Waals surface area contributed by atoms with Crippen molar-refractivity contribution in [3.8, 4) is 0 Å². The zero-order chi connectivity index (χ0) is 16.1. The van der Waals surface area contributed by atoms with E-state index < -0.39 is 15.8 Å². The maximum absolute atomic E-state index is 13.0. The predicted molar refractivity (Wildman–Crippen MR) is 84.9 cm³/mol. The van der Waals surface area contributed by atoms with E-state index in [0.29, 0.717) is 24.5 Å². The third-order valence-electron chi connectivity index (χ3n) is 4.65. The van der Waals surface area contributed by atoms with Crippen molar-refractivity contribution < 1.29 is 17.9 Å². The molecule has 2 aliphatic rings. The van der Waals surface area contributed by atoms with E-state index in [9.17, 15) is 8.42 Å². The highest BCUT2D eigenvalue weighted by Gasteiger charge is 2.42. The minimum atomic E-state index is -3.59. The van der Waals surface area contributed by atoms with Crippen LogP contribution in [0.2, 0.25) is 0 Å². The fourth-order valence-corrected chi connectivity index (χ4v) is 4.77. The summed E-state index contributed by atoms with van der Waals surface area (Å²) in [5.41, 5.74) is 2.87. The molecule has 1 saturated heterocycles. The van der Waals surface area contributed by atoms with Gasteiger partial charge in [0, 0.05) is 24.7 Å². The second kappa shape index (κ2) is 5.19. The Morgan fingerprint density at radius 2 is 1.78 bits per heavy atom. The molecule has 0 saturated carbocycles. The van der Waals surface area contributed by atoms with Gasteiger partial charge >= 0.3 is 0 Å². The number of hydrogen-bond donors (Lipinski definition) is 0. The summed E-state index contributed by atoms with van der Waals surface area (Å²) in [5.74, 6) is -0.647. The molecule has 5 nitrogen and oxygen atoms in total. The van der Waals surface area contributed by atoms with E-state index in [1.165, 1.54) is 3.97 Å². The second-order valence-electron chi connectivity index (χ2n) is 6.19. The number of hydrogen-bond acceptors (Lipinski definition) is 4. The van der Waals surface area contributed by atoms with Crippen LogP contribution in [0.1, 0.15) is 23.2 Å². The maximum Gasteiger partial charge on any atom is 0.267 e. The fraction of sp³-hybridized carbons (Fsp3) is 0.412. The molecule has 1 fully saturated rings. The van der Waals surface area contributed by atoms with Gasteiger partial charge in [-0.3, -0.25) is 0 Å². The molecule has 0 atom stereocenters. The summed E-state index contributed by atoms with van der Waals surface area (Å²) in [6.45, 7) is 3.08. The summed E-state index contributed by atoms with van der Waals surface area (Å²) < 4.78 is 38.8. The van der Waals surface area contributed by atoms with Crippen LogP contribution >= 0.6 is 0 Å². The summed E-state index contributed by atoms with van der Waals surface area (Å²) in [7, 11) is -3.59. The number of aryl methyl sites for hydroxylation is 2. The minimum absolute atomic E-state index is 0.300. The van der Waals surface area contributed by atoms with Crippen LogP contribution in [0.25, 0.3) is 0 Å². The Morgan fingerprint density at radius 3 is 2.48 bits per heavy atom. The largest absolute Gasteiger partial charge is 0.347 e. The van der Waals surface area contributed by atoms with E-state index >= 15 is 0 Å². The molecule has 122 valence electrons. The summed E-state index contributed by atoms with van der Waals surface area (Å²) in [6, 6.07) is 8.82. The molecule has 2 heterocycles. The van der Waals surface area contributed by atoms with Crippen LogP contribution in [-0.4, -0.2) is 31.4 Å². The molecule has 1 aliphatic heterocycles. The molecule has 0 bridgehead atoms. The maximum atomic E-state index is 13.0. The van der Waals surface area contributed by atoms with Crippen molar-refractivity contribution in [2.45, 2.75) is 36.9 Å². The highest BCUT2D eigenvalue weighted by atomic mass is 32.2. The Morgan fingerprint density at radius 1 is 1.09 bits per heavy atom. The lowest BCUT2D eigenvalue weighted by atomic mass is 9.92. The third kappa shape index (κ3) is 2.41. The molecule has 0 unspecified atom stereocenters. The molecule has 1 spiro atoms. The first-order chi connectivity index (χ1) is 11.0. The summed E-state index contributed by atoms with van der Waals surface area (Å²) in [4.78, 5) is 0.300. The normalized spacial score (nSPS) is 19.9. The lowest BCUT2D eigenvalue weighted by Gasteiger charge is -2.32. The van der Waals surface area contributed by atoms with E-state index in [1.807, 2.05) is 25.1 Å². The molecule has 0 amide bonds. The van der Waals surface area contributed by atoms with Crippen molar-refractivity contribution in [1.82, 2.24) is 3.97 Å². The van der Waals surface area contributed by atoms with Gasteiger partial charge in [-0.2, -0.15) is 0 Å². The van der Waals surface area contributed by atoms with Crippen molar-refractivity contribution in [2.24, 2.45) is 0 Å². The van der Waals surface area contributed by atoms with E-state index in [1.54, 1.807) is 18.3 Å². The van der Waals surface area contributed by atoms with Gasteiger partial charge in [0.05, 0.1) is 18.1 Å². The Hall–Kier alpha value is -1.63. The molecule has 0 N–H and O–H groups in total. The Balaban J connectivity index is 1.76. The van der Waals surface area contributed by atoms with Crippen molar-refractivity contribution >= 4 is 10.0 Å². The Bertz CT molecular complexity index is 830. The van der Waals surface area contributed by atoms with Crippen LogP contribution < -0.4 is 0 Å². The van der Waals surface area contributed by atoms with Gasteiger partial charge in [0.2, 0.25) is 0 Å². The van der Waals surface area contributed by atoms with E-state index in [0.717, 1.165) is 29.7 Å². The first kappa shape index (κ1) is 14.9. The summed E-state index contributed by atoms with van der Waals surface area (Å²) >= 11 is 0. The SMILES string of the molecule is Cc1ccc(S(=O)(=O)n2ccc3c2CC2(CC3)OCCO2)cc1. The zero-order valence-corrected chi connectivity index (χ0v) is 13.8. The van der Waals surface area contributed by atoms with Gasteiger partial charge in [0.15, 0.2) is 5.79 Å². The highest BCUT2D eigenvalue weighted by Crippen LogP contribution is 2.36. The predicted octanol–water partition coefficient (Wildman–Crippen LogP) is 2.27. The smallest absolute Gasteiger partial charge is 0.267 e. The van der Waals surface area contributed by atoms with Crippen molar-refractivity contribution in [3.05, 3.63) is 53.3 Å². The number of aromatic nitrogens is 1. The zero-order valence-electron chi connectivity index (χ0n) is 13.0. The van der Waals surface area contributed by atoms with E-state index in [4.69, 9.17) is 9.47 Å². The van der Waals surface area contributed by atoms with Crippen LogP contribution in [-0.2, 0) is 32.3 Å². The molecule has 6 heteroatoms. The molecule has 2 aromatic rings. The van der Waals surface area contributed by atoms with Gasteiger partial charge in [-0.15, -0.1) is 0 Å². The lowest BCUT2D eigenvalue weighted by Crippen LogP contribution is -2.38. The molecule has 1 aromatic carbocycles. The number of benzene rings is 1. The standard InChI is InChI=1S/C17H19NO4S/c1-13-2-4-15(5-3-13)23(19,20)18-9-7-14-6-8-17(12-16(14)18)21-10-11-22-17/h2-5,7,9H,6,8,10-12H2,1H3. The molecule has 23 heavy (non-hydrogen) atoms. The Kier molecular flexibility index (Phi) is 3.37. The first-order valence-electron chi connectivity index (χ1n) is 7.80. The summed E-state index contributed by atoms with van der Waals surface area (Å²) in [6.07, 6.45) is 3.66. The fourth-order valence-electron chi connectivity index (χ4n) is 3.37. The van der Waals surface area contributed by atoms with Crippen molar-refractivity contribution in [1.29, 1.82) is 0 Å². The lowest BCUT2D eigenvalue weighted by molar-refractivity contribution is -0.164. The minimum Gasteiger partial charge on any atom is -0.347 e. The van der Waals surface area contributed by atoms with Gasteiger partial charge < -0.3 is 9.47 Å². The van der Waals surface area contributed by atoms with Crippen LogP contribution in [0.15, 0.2) is 41.4 Å². The second-order valence-corrected chi connectivity index (χ2v) is 8.00. The topological polar surface area (TPSA) is 57.5 Å². The van der Waals surface area contributed by atoms with Crippen LogP contribution in [0.4, 0.5) is 0 Å². The highest BCUT2D eigenvalue weighted by molar-refractivity contribution is 7.90. The van der Waals surface area contributed by atoms with Crippen molar-refractivity contribution in [2.75, 3.05) is 13.2 Å². The molecular weight excluding hydrogens is 314 g/mol. The number of nitrogens with zero attached hydrogens (tertiary/aromatic N) is 1. The van der Waals surface area contributed by atoms with Crippen molar-refractivity contribution in [3.63, 3.8) is 0 Å². The molecule has 1 aliphatic carbocycles. The van der Waals surface area contributed by atoms with E-state index in [2.05, 4.69) is 0 Å². The van der Waals surface area contributed by atoms with Crippen LogP contribution in [0.3, 0.4) is 0 Å².